The van der Waals surface area contributed by atoms with Gasteiger partial charge < -0.3 is 11.1 Å². The van der Waals surface area contributed by atoms with E-state index >= 15 is 0 Å². The number of nitrogens with two attached hydrogens (primary N) is 1. The minimum absolute atomic E-state index is 0.346. The molecule has 4 aromatic rings. The summed E-state index contributed by atoms with van der Waals surface area (Å²) >= 11 is 0. The zero-order chi connectivity index (χ0) is 20.7. The van der Waals surface area contributed by atoms with Crippen LogP contribution in [0, 0.1) is 0 Å². The van der Waals surface area contributed by atoms with Crippen LogP contribution in [0.5, 0.6) is 0 Å². The van der Waals surface area contributed by atoms with Crippen molar-refractivity contribution in [2.45, 2.75) is 12.0 Å². The molecule has 1 aromatic heterocycles. The first kappa shape index (κ1) is 18.1. The maximum atomic E-state index is 13.2. The first-order chi connectivity index (χ1) is 14.6. The predicted octanol–water partition coefficient (Wildman–Crippen LogP) is 3.63. The summed E-state index contributed by atoms with van der Waals surface area (Å²) in [4.78, 5) is 30.1. The van der Waals surface area contributed by atoms with Crippen molar-refractivity contribution in [1.29, 1.82) is 0 Å². The van der Waals surface area contributed by atoms with E-state index in [9.17, 15) is 9.59 Å². The molecule has 1 aliphatic carbocycles. The summed E-state index contributed by atoms with van der Waals surface area (Å²) in [6.07, 6.45) is 1.65. The standard InChI is InChI=1S/C25H19N3O2/c26-24(29)23(28-25(30)20-13-5-7-15-8-6-14-27-22(15)20)21-18-11-3-1-9-16(18)17-10-2-4-12-19(17)21/h1-14,21,23H,(H2,26,29)(H,28,30)/t23-/m0/s1. The molecule has 0 fully saturated rings. The minimum Gasteiger partial charge on any atom is -0.368 e. The van der Waals surface area contributed by atoms with Crippen molar-refractivity contribution in [3.63, 3.8) is 0 Å². The fourth-order valence-electron chi connectivity index (χ4n) is 4.38. The number of para-hydroxylation sites is 1. The number of primary amides is 1. The quantitative estimate of drug-likeness (QED) is 0.555. The lowest BCUT2D eigenvalue weighted by Crippen LogP contribution is -2.48. The van der Waals surface area contributed by atoms with Crippen molar-refractivity contribution >= 4 is 22.7 Å². The van der Waals surface area contributed by atoms with E-state index in [-0.39, 0.29) is 11.8 Å². The molecule has 3 aromatic carbocycles. The van der Waals surface area contributed by atoms with Crippen LogP contribution in [0.2, 0.25) is 0 Å². The van der Waals surface area contributed by atoms with Crippen LogP contribution in [0.25, 0.3) is 22.0 Å². The third-order valence-corrected chi connectivity index (χ3v) is 5.69. The number of aromatic nitrogens is 1. The Labute approximate surface area is 173 Å². The van der Waals surface area contributed by atoms with Crippen molar-refractivity contribution in [1.82, 2.24) is 10.3 Å². The number of carbonyl (C=O) groups is 2. The molecule has 2 amide bonds. The van der Waals surface area contributed by atoms with Gasteiger partial charge in [0.15, 0.2) is 0 Å². The molecule has 30 heavy (non-hydrogen) atoms. The summed E-state index contributed by atoms with van der Waals surface area (Å²) in [5.41, 5.74) is 10.9. The highest BCUT2D eigenvalue weighted by Crippen LogP contribution is 2.46. The van der Waals surface area contributed by atoms with Crippen LogP contribution < -0.4 is 11.1 Å². The summed E-state index contributed by atoms with van der Waals surface area (Å²) in [7, 11) is 0. The number of fused-ring (bicyclic) bond motifs is 4. The van der Waals surface area contributed by atoms with Gasteiger partial charge in [-0.25, -0.2) is 0 Å². The summed E-state index contributed by atoms with van der Waals surface area (Å²) in [5.74, 6) is -1.29. The lowest BCUT2D eigenvalue weighted by atomic mass is 9.88. The number of hydrogen-bond acceptors (Lipinski definition) is 3. The van der Waals surface area contributed by atoms with Gasteiger partial charge in [0.25, 0.3) is 5.91 Å². The Hall–Kier alpha value is -3.99. The molecule has 1 aliphatic rings. The van der Waals surface area contributed by atoms with Gasteiger partial charge in [0.2, 0.25) is 5.91 Å². The van der Waals surface area contributed by atoms with Crippen LogP contribution >= 0.6 is 0 Å². The highest BCUT2D eigenvalue weighted by Gasteiger charge is 2.38. The van der Waals surface area contributed by atoms with E-state index in [1.165, 1.54) is 0 Å². The van der Waals surface area contributed by atoms with Gasteiger partial charge in [-0.15, -0.1) is 0 Å². The second-order valence-corrected chi connectivity index (χ2v) is 7.39. The Morgan fingerprint density at radius 3 is 2.13 bits per heavy atom. The minimum atomic E-state index is -0.888. The Kier molecular flexibility index (Phi) is 4.29. The molecule has 5 heteroatoms. The average molecular weight is 393 g/mol. The topological polar surface area (TPSA) is 85.1 Å². The molecule has 0 aliphatic heterocycles. The van der Waals surface area contributed by atoms with Gasteiger partial charge in [0, 0.05) is 17.5 Å². The lowest BCUT2D eigenvalue weighted by molar-refractivity contribution is -0.120. The van der Waals surface area contributed by atoms with E-state index in [2.05, 4.69) is 10.3 Å². The van der Waals surface area contributed by atoms with E-state index in [1.807, 2.05) is 66.7 Å². The number of nitrogens with zero attached hydrogens (tertiary/aromatic N) is 1. The summed E-state index contributed by atoms with van der Waals surface area (Å²) < 4.78 is 0. The van der Waals surface area contributed by atoms with Crippen LogP contribution in [0.1, 0.15) is 27.4 Å². The molecule has 3 N–H and O–H groups in total. The number of hydrogen-bond donors (Lipinski definition) is 2. The van der Waals surface area contributed by atoms with Crippen molar-refractivity contribution < 1.29 is 9.59 Å². The maximum absolute atomic E-state index is 13.2. The monoisotopic (exact) mass is 393 g/mol. The van der Waals surface area contributed by atoms with Crippen LogP contribution in [0.4, 0.5) is 0 Å². The lowest BCUT2D eigenvalue weighted by Gasteiger charge is -2.24. The molecule has 1 atom stereocenters. The fourth-order valence-corrected chi connectivity index (χ4v) is 4.38. The van der Waals surface area contributed by atoms with Gasteiger partial charge in [0.1, 0.15) is 6.04 Å². The number of benzene rings is 3. The largest absolute Gasteiger partial charge is 0.368 e. The third-order valence-electron chi connectivity index (χ3n) is 5.69. The molecule has 0 bridgehead atoms. The number of rotatable bonds is 4. The van der Waals surface area contributed by atoms with Gasteiger partial charge in [-0.3, -0.25) is 14.6 Å². The van der Waals surface area contributed by atoms with E-state index in [1.54, 1.807) is 18.3 Å². The van der Waals surface area contributed by atoms with Crippen molar-refractivity contribution in [2.24, 2.45) is 5.73 Å². The number of amides is 2. The number of nitrogens with one attached hydrogen (secondary N) is 1. The van der Waals surface area contributed by atoms with Crippen LogP contribution in [-0.2, 0) is 4.79 Å². The normalized spacial score (nSPS) is 13.5. The molecular formula is C25H19N3O2. The van der Waals surface area contributed by atoms with E-state index in [4.69, 9.17) is 5.73 Å². The second kappa shape index (κ2) is 7.12. The maximum Gasteiger partial charge on any atom is 0.254 e. The second-order valence-electron chi connectivity index (χ2n) is 7.39. The number of carbonyl (C=O) groups excluding carboxylic acids is 2. The Bertz CT molecular complexity index is 1250. The first-order valence-electron chi connectivity index (χ1n) is 9.77. The zero-order valence-electron chi connectivity index (χ0n) is 16.1. The van der Waals surface area contributed by atoms with Gasteiger partial charge >= 0.3 is 0 Å². The predicted molar refractivity (Wildman–Crippen MR) is 116 cm³/mol. The number of pyridine rings is 1. The first-order valence-corrected chi connectivity index (χ1v) is 9.77. The highest BCUT2D eigenvalue weighted by atomic mass is 16.2. The Morgan fingerprint density at radius 1 is 0.833 bits per heavy atom. The van der Waals surface area contributed by atoms with Crippen molar-refractivity contribution in [3.05, 3.63) is 102 Å². The molecule has 0 radical (unpaired) electrons. The molecular weight excluding hydrogens is 374 g/mol. The van der Waals surface area contributed by atoms with Crippen molar-refractivity contribution in [2.75, 3.05) is 0 Å². The molecule has 0 saturated heterocycles. The van der Waals surface area contributed by atoms with Gasteiger partial charge in [-0.05, 0) is 34.4 Å². The van der Waals surface area contributed by atoms with Gasteiger partial charge in [0.05, 0.1) is 11.1 Å². The molecule has 146 valence electrons. The highest BCUT2D eigenvalue weighted by molar-refractivity contribution is 6.07. The molecule has 1 heterocycles. The summed E-state index contributed by atoms with van der Waals surface area (Å²) in [6, 6.07) is 24.1. The Balaban J connectivity index is 1.57. The summed E-state index contributed by atoms with van der Waals surface area (Å²) in [6.45, 7) is 0. The summed E-state index contributed by atoms with van der Waals surface area (Å²) in [5, 5.41) is 3.75. The average Bonchev–Trinajstić information content (AvgIpc) is 3.11. The van der Waals surface area contributed by atoms with Crippen LogP contribution in [0.15, 0.2) is 85.1 Å². The van der Waals surface area contributed by atoms with E-state index in [0.717, 1.165) is 27.6 Å². The zero-order valence-corrected chi connectivity index (χ0v) is 16.1. The molecule has 0 saturated carbocycles. The molecule has 0 unspecified atom stereocenters. The van der Waals surface area contributed by atoms with Crippen LogP contribution in [-0.4, -0.2) is 22.8 Å². The smallest absolute Gasteiger partial charge is 0.254 e. The van der Waals surface area contributed by atoms with Crippen LogP contribution in [0.3, 0.4) is 0 Å². The van der Waals surface area contributed by atoms with Gasteiger partial charge in [-0.2, -0.15) is 0 Å². The van der Waals surface area contributed by atoms with E-state index < -0.39 is 11.9 Å². The fraction of sp³-hybridized carbons (Fsp3) is 0.0800. The van der Waals surface area contributed by atoms with Crippen molar-refractivity contribution in [3.8, 4) is 11.1 Å². The molecule has 5 nitrogen and oxygen atoms in total. The molecule has 0 spiro atoms. The van der Waals surface area contributed by atoms with E-state index in [0.29, 0.717) is 11.1 Å². The SMILES string of the molecule is NC(=O)[C@@H](NC(=O)c1cccc2cccnc12)C1c2ccccc2-c2ccccc21. The third kappa shape index (κ3) is 2.83. The molecule has 5 rings (SSSR count). The van der Waals surface area contributed by atoms with Gasteiger partial charge in [-0.1, -0.05) is 66.7 Å². The Morgan fingerprint density at radius 2 is 1.47 bits per heavy atom.